The Morgan fingerprint density at radius 2 is 2.00 bits per heavy atom. The molecule has 2 heterocycles. The molecule has 126 valence electrons. The van der Waals surface area contributed by atoms with E-state index in [0.29, 0.717) is 17.1 Å². The van der Waals surface area contributed by atoms with Gasteiger partial charge < -0.3 is 10.2 Å². The lowest BCUT2D eigenvalue weighted by atomic mass is 9.95. The van der Waals surface area contributed by atoms with Crippen LogP contribution in [-0.2, 0) is 0 Å². The molecule has 1 aromatic heterocycles. The molecule has 1 saturated carbocycles. The summed E-state index contributed by atoms with van der Waals surface area (Å²) < 4.78 is 0. The van der Waals surface area contributed by atoms with Crippen LogP contribution < -0.4 is 5.32 Å². The normalized spacial score (nSPS) is 22.9. The van der Waals surface area contributed by atoms with Crippen molar-refractivity contribution in [3.8, 4) is 0 Å². The maximum Gasteiger partial charge on any atom is 0.137 e. The molecule has 1 unspecified atom stereocenters. The first-order chi connectivity index (χ1) is 11.1. The summed E-state index contributed by atoms with van der Waals surface area (Å²) in [6.07, 6.45) is 8.69. The number of aromatic nitrogens is 2. The molecule has 2 fully saturated rings. The molecule has 3 rings (SSSR count). The zero-order valence-electron chi connectivity index (χ0n) is 14.0. The van der Waals surface area contributed by atoms with Crippen LogP contribution in [0.5, 0.6) is 0 Å². The molecule has 1 saturated heterocycles. The van der Waals surface area contributed by atoms with Gasteiger partial charge in [0.2, 0.25) is 0 Å². The molecule has 1 N–H and O–H groups in total. The lowest BCUT2D eigenvalue weighted by Gasteiger charge is -2.34. The van der Waals surface area contributed by atoms with Crippen molar-refractivity contribution in [3.05, 3.63) is 29.3 Å². The first-order valence-corrected chi connectivity index (χ1v) is 9.21. The van der Waals surface area contributed by atoms with Crippen LogP contribution in [0, 0.1) is 0 Å². The van der Waals surface area contributed by atoms with Crippen LogP contribution in [0.25, 0.3) is 0 Å². The van der Waals surface area contributed by atoms with Crippen molar-refractivity contribution in [3.63, 3.8) is 0 Å². The molecular weight excluding hydrogens is 308 g/mol. The summed E-state index contributed by atoms with van der Waals surface area (Å²) in [6, 6.07) is 2.39. The Kier molecular flexibility index (Phi) is 5.42. The van der Waals surface area contributed by atoms with Crippen molar-refractivity contribution >= 4 is 17.4 Å². The number of allylic oxidation sites excluding steroid dienone is 1. The van der Waals surface area contributed by atoms with E-state index in [0.717, 1.165) is 43.3 Å². The van der Waals surface area contributed by atoms with Gasteiger partial charge in [-0.2, -0.15) is 0 Å². The molecule has 23 heavy (non-hydrogen) atoms. The Bertz CT molecular complexity index is 554. The van der Waals surface area contributed by atoms with Crippen LogP contribution >= 0.6 is 11.6 Å². The summed E-state index contributed by atoms with van der Waals surface area (Å²) in [4.78, 5) is 11.6. The number of halogens is 1. The van der Waals surface area contributed by atoms with E-state index in [-0.39, 0.29) is 0 Å². The molecule has 5 heteroatoms. The smallest absolute Gasteiger partial charge is 0.137 e. The number of hydrogen-bond acceptors (Lipinski definition) is 4. The fraction of sp³-hybridized carbons (Fsp3) is 0.667. The van der Waals surface area contributed by atoms with Crippen molar-refractivity contribution in [2.24, 2.45) is 0 Å². The number of anilines is 1. The van der Waals surface area contributed by atoms with E-state index in [1.807, 2.05) is 6.07 Å². The molecule has 0 radical (unpaired) electrons. The highest BCUT2D eigenvalue weighted by molar-refractivity contribution is 6.29. The molecule has 4 nitrogen and oxygen atoms in total. The molecule has 1 atom stereocenters. The van der Waals surface area contributed by atoms with Crippen LogP contribution in [-0.4, -0.2) is 34.0 Å². The van der Waals surface area contributed by atoms with Crippen LogP contribution in [0.2, 0.25) is 5.15 Å². The molecule has 2 aliphatic rings. The van der Waals surface area contributed by atoms with E-state index >= 15 is 0 Å². The molecular formula is C18H27ClN4. The van der Waals surface area contributed by atoms with Gasteiger partial charge in [0.05, 0.1) is 0 Å². The topological polar surface area (TPSA) is 41.1 Å². The number of likely N-dealkylation sites (tertiary alicyclic amines) is 1. The van der Waals surface area contributed by atoms with Crippen molar-refractivity contribution in [1.82, 2.24) is 14.9 Å². The van der Waals surface area contributed by atoms with Crippen LogP contribution in [0.4, 0.5) is 5.82 Å². The number of rotatable bonds is 4. The molecule has 0 aromatic carbocycles. The van der Waals surface area contributed by atoms with Gasteiger partial charge in [-0.3, -0.25) is 0 Å². The first kappa shape index (κ1) is 16.6. The zero-order valence-corrected chi connectivity index (χ0v) is 14.8. The van der Waals surface area contributed by atoms with Gasteiger partial charge in [0.25, 0.3) is 0 Å². The third kappa shape index (κ3) is 4.37. The minimum atomic E-state index is 0.339. The summed E-state index contributed by atoms with van der Waals surface area (Å²) in [6.45, 7) is 8.16. The van der Waals surface area contributed by atoms with Gasteiger partial charge in [-0.1, -0.05) is 37.4 Å². The van der Waals surface area contributed by atoms with Gasteiger partial charge >= 0.3 is 0 Å². The van der Waals surface area contributed by atoms with Gasteiger partial charge in [-0.15, -0.1) is 0 Å². The second kappa shape index (κ2) is 7.52. The van der Waals surface area contributed by atoms with Crippen molar-refractivity contribution in [2.75, 3.05) is 18.4 Å². The quantitative estimate of drug-likeness (QED) is 0.818. The Morgan fingerprint density at radius 1 is 1.22 bits per heavy atom. The number of nitrogens with one attached hydrogen (secondary N) is 1. The average molecular weight is 335 g/mol. The van der Waals surface area contributed by atoms with Crippen LogP contribution in [0.1, 0.15) is 63.6 Å². The van der Waals surface area contributed by atoms with Gasteiger partial charge in [-0.05, 0) is 32.6 Å². The third-order valence-corrected chi connectivity index (χ3v) is 5.19. The van der Waals surface area contributed by atoms with E-state index in [1.165, 1.54) is 32.1 Å². The van der Waals surface area contributed by atoms with Crippen LogP contribution in [0.3, 0.4) is 0 Å². The van der Waals surface area contributed by atoms with Crippen molar-refractivity contribution < 1.29 is 0 Å². The third-order valence-electron chi connectivity index (χ3n) is 5.00. The monoisotopic (exact) mass is 334 g/mol. The Morgan fingerprint density at radius 3 is 2.74 bits per heavy atom. The predicted molar refractivity (Wildman–Crippen MR) is 95.9 cm³/mol. The summed E-state index contributed by atoms with van der Waals surface area (Å²) in [7, 11) is 0. The number of hydrogen-bond donors (Lipinski definition) is 1. The molecule has 1 aliphatic carbocycles. The molecule has 0 amide bonds. The average Bonchev–Trinajstić information content (AvgIpc) is 2.55. The highest BCUT2D eigenvalue weighted by atomic mass is 35.5. The van der Waals surface area contributed by atoms with Crippen molar-refractivity contribution in [2.45, 2.75) is 63.8 Å². The highest BCUT2D eigenvalue weighted by Gasteiger charge is 2.24. The second-order valence-electron chi connectivity index (χ2n) is 6.93. The Balaban J connectivity index is 1.72. The maximum absolute atomic E-state index is 6.26. The summed E-state index contributed by atoms with van der Waals surface area (Å²) >= 11 is 6.26. The van der Waals surface area contributed by atoms with E-state index in [9.17, 15) is 0 Å². The van der Waals surface area contributed by atoms with E-state index in [1.54, 1.807) is 0 Å². The summed E-state index contributed by atoms with van der Waals surface area (Å²) in [5, 5.41) is 4.11. The minimum absolute atomic E-state index is 0.339. The fourth-order valence-electron chi connectivity index (χ4n) is 3.68. The van der Waals surface area contributed by atoms with Crippen LogP contribution in [0.15, 0.2) is 18.3 Å². The number of nitrogens with zero attached hydrogens (tertiary/aromatic N) is 3. The second-order valence-corrected chi connectivity index (χ2v) is 7.32. The lowest BCUT2D eigenvalue weighted by molar-refractivity contribution is 0.255. The molecule has 1 aliphatic heterocycles. The highest BCUT2D eigenvalue weighted by Crippen LogP contribution is 2.29. The van der Waals surface area contributed by atoms with Crippen molar-refractivity contribution in [1.29, 1.82) is 0 Å². The summed E-state index contributed by atoms with van der Waals surface area (Å²) in [5.74, 6) is 2.10. The van der Waals surface area contributed by atoms with Gasteiger partial charge in [0, 0.05) is 36.8 Å². The molecule has 0 bridgehead atoms. The molecule has 1 aromatic rings. The Hall–Kier alpha value is -1.29. The van der Waals surface area contributed by atoms with E-state index in [4.69, 9.17) is 16.6 Å². The number of piperidine rings is 1. The van der Waals surface area contributed by atoms with E-state index in [2.05, 4.69) is 28.7 Å². The standard InChI is InChI=1S/C18H27ClN4/c1-13(2)23-10-6-7-14(12-23)18-21-16(19)11-17(22-18)20-15-8-4-3-5-9-15/h11,14-15H,1,3-10,12H2,2H3,(H,20,21,22). The van der Waals surface area contributed by atoms with Gasteiger partial charge in [0.1, 0.15) is 16.8 Å². The van der Waals surface area contributed by atoms with Gasteiger partial charge in [0.15, 0.2) is 0 Å². The SMILES string of the molecule is C=C(C)N1CCCC(c2nc(Cl)cc(NC3CCCCC3)n2)C1. The predicted octanol–water partition coefficient (Wildman–Crippen LogP) is 4.59. The fourth-order valence-corrected chi connectivity index (χ4v) is 3.87. The zero-order chi connectivity index (χ0) is 16.2. The lowest BCUT2D eigenvalue weighted by Crippen LogP contribution is -2.33. The summed E-state index contributed by atoms with van der Waals surface area (Å²) in [5.41, 5.74) is 1.12. The minimum Gasteiger partial charge on any atom is -0.375 e. The molecule has 0 spiro atoms. The van der Waals surface area contributed by atoms with E-state index < -0.39 is 0 Å². The Labute approximate surface area is 144 Å². The largest absolute Gasteiger partial charge is 0.375 e. The maximum atomic E-state index is 6.26. The first-order valence-electron chi connectivity index (χ1n) is 8.83. The van der Waals surface area contributed by atoms with Gasteiger partial charge in [-0.25, -0.2) is 9.97 Å².